The number of aliphatic hydroxyl groups excluding tert-OH is 2. The fourth-order valence-corrected chi connectivity index (χ4v) is 5.05. The predicted molar refractivity (Wildman–Crippen MR) is 111 cm³/mol. The Morgan fingerprint density at radius 1 is 1.50 bits per heavy atom. The van der Waals surface area contributed by atoms with Gasteiger partial charge in [-0.05, 0) is 25.8 Å². The number of thiophene rings is 1. The molecule has 5 N–H and O–H groups in total. The molecule has 0 aromatic carbocycles. The first-order valence-electron chi connectivity index (χ1n) is 8.99. The van der Waals surface area contributed by atoms with Crippen LogP contribution in [0.25, 0.3) is 0 Å². The van der Waals surface area contributed by atoms with Crippen molar-refractivity contribution in [2.24, 2.45) is 11.1 Å². The van der Waals surface area contributed by atoms with E-state index in [2.05, 4.69) is 19.5 Å². The standard InChI is InChI=1S/C17H21ClN4O6S2/c1-8(23)11-4-14(29-16(11)18)15(25)12-5-20-7-21-17(12)22-10-2-9(13(24)3-10)6-28-30(19,26)27/h4-5,7-10,13,23-24H,2-3,6H2,1H3,(H2,19,26,27)(H,20,21,22)/t8-,9+,10+,13-/m0/s1. The summed E-state index contributed by atoms with van der Waals surface area (Å²) in [5, 5.41) is 27.9. The van der Waals surface area contributed by atoms with Gasteiger partial charge in [-0.15, -0.1) is 11.3 Å². The third-order valence-electron chi connectivity index (χ3n) is 4.79. The number of carbonyl (C=O) groups is 1. The zero-order valence-corrected chi connectivity index (χ0v) is 18.2. The molecule has 4 atom stereocenters. The van der Waals surface area contributed by atoms with Crippen molar-refractivity contribution < 1.29 is 27.6 Å². The number of nitrogens with one attached hydrogen (secondary N) is 1. The minimum Gasteiger partial charge on any atom is -0.393 e. The Kier molecular flexibility index (Phi) is 7.07. The van der Waals surface area contributed by atoms with Crippen LogP contribution in [0.15, 0.2) is 18.6 Å². The molecular weight excluding hydrogens is 456 g/mol. The molecule has 3 rings (SSSR count). The molecule has 0 saturated heterocycles. The van der Waals surface area contributed by atoms with E-state index < -0.39 is 28.4 Å². The van der Waals surface area contributed by atoms with Gasteiger partial charge in [-0.2, -0.15) is 8.42 Å². The summed E-state index contributed by atoms with van der Waals surface area (Å²) < 4.78 is 26.9. The zero-order chi connectivity index (χ0) is 22.1. The predicted octanol–water partition coefficient (Wildman–Crippen LogP) is 1.25. The van der Waals surface area contributed by atoms with Gasteiger partial charge in [-0.1, -0.05) is 11.6 Å². The van der Waals surface area contributed by atoms with Gasteiger partial charge in [-0.25, -0.2) is 15.1 Å². The molecule has 0 amide bonds. The van der Waals surface area contributed by atoms with Gasteiger partial charge >= 0.3 is 10.3 Å². The minimum atomic E-state index is -4.09. The fraction of sp³-hybridized carbons (Fsp3) is 0.471. The zero-order valence-electron chi connectivity index (χ0n) is 15.9. The van der Waals surface area contributed by atoms with Gasteiger partial charge in [0.15, 0.2) is 0 Å². The van der Waals surface area contributed by atoms with E-state index in [1.807, 2.05) is 0 Å². The van der Waals surface area contributed by atoms with E-state index in [0.29, 0.717) is 27.6 Å². The Hall–Kier alpha value is -1.67. The molecular formula is C17H21ClN4O6S2. The van der Waals surface area contributed by atoms with Crippen molar-refractivity contribution >= 4 is 44.8 Å². The van der Waals surface area contributed by atoms with E-state index in [-0.39, 0.29) is 29.8 Å². The number of halogens is 1. The molecule has 10 nitrogen and oxygen atoms in total. The molecule has 1 aliphatic rings. The number of rotatable bonds is 8. The van der Waals surface area contributed by atoms with E-state index in [4.69, 9.17) is 16.7 Å². The maximum Gasteiger partial charge on any atom is 0.333 e. The third-order valence-corrected chi connectivity index (χ3v) is 6.64. The topological polar surface area (TPSA) is 165 Å². The van der Waals surface area contributed by atoms with Crippen molar-refractivity contribution in [1.29, 1.82) is 0 Å². The highest BCUT2D eigenvalue weighted by Gasteiger charge is 2.35. The average Bonchev–Trinajstić information content (AvgIpc) is 3.22. The highest BCUT2D eigenvalue weighted by atomic mass is 35.5. The molecule has 0 aliphatic heterocycles. The van der Waals surface area contributed by atoms with Crippen LogP contribution < -0.4 is 10.5 Å². The second-order valence-corrected chi connectivity index (χ2v) is 9.92. The number of aliphatic hydroxyl groups is 2. The van der Waals surface area contributed by atoms with Crippen LogP contribution in [0.4, 0.5) is 5.82 Å². The van der Waals surface area contributed by atoms with Crippen LogP contribution in [0.2, 0.25) is 4.34 Å². The van der Waals surface area contributed by atoms with Crippen LogP contribution in [-0.2, 0) is 14.5 Å². The van der Waals surface area contributed by atoms with E-state index in [1.54, 1.807) is 6.92 Å². The van der Waals surface area contributed by atoms with Crippen LogP contribution >= 0.6 is 22.9 Å². The van der Waals surface area contributed by atoms with Crippen LogP contribution in [0, 0.1) is 5.92 Å². The molecule has 0 radical (unpaired) electrons. The summed E-state index contributed by atoms with van der Waals surface area (Å²) in [6.07, 6.45) is 1.76. The average molecular weight is 477 g/mol. The Morgan fingerprint density at radius 3 is 2.87 bits per heavy atom. The second kappa shape index (κ2) is 9.22. The number of aromatic nitrogens is 2. The monoisotopic (exact) mass is 476 g/mol. The van der Waals surface area contributed by atoms with Crippen LogP contribution in [-0.4, -0.2) is 53.1 Å². The molecule has 2 aromatic rings. The molecule has 1 saturated carbocycles. The summed E-state index contributed by atoms with van der Waals surface area (Å²) in [5.74, 6) is -0.514. The normalized spacial score (nSPS) is 22.8. The van der Waals surface area contributed by atoms with Crippen molar-refractivity contribution in [3.05, 3.63) is 38.9 Å². The van der Waals surface area contributed by atoms with Crippen molar-refractivity contribution in [1.82, 2.24) is 9.97 Å². The van der Waals surface area contributed by atoms with Gasteiger partial charge in [0.1, 0.15) is 12.1 Å². The Morgan fingerprint density at radius 2 is 2.23 bits per heavy atom. The van der Waals surface area contributed by atoms with Gasteiger partial charge in [0.05, 0.1) is 33.6 Å². The van der Waals surface area contributed by atoms with Gasteiger partial charge in [-0.3, -0.25) is 8.98 Å². The first-order chi connectivity index (χ1) is 14.0. The SMILES string of the molecule is C[C@H](O)c1cc(C(=O)c2cncnc2N[C@@H]2C[C@H](COS(N)(=O)=O)[C@@H](O)C2)sc1Cl. The molecule has 13 heteroatoms. The Balaban J connectivity index is 1.74. The van der Waals surface area contributed by atoms with Crippen molar-refractivity contribution in [2.45, 2.75) is 38.0 Å². The quantitative estimate of drug-likeness (QED) is 0.410. The maximum absolute atomic E-state index is 13.0. The van der Waals surface area contributed by atoms with Gasteiger partial charge in [0.25, 0.3) is 0 Å². The summed E-state index contributed by atoms with van der Waals surface area (Å²) in [4.78, 5) is 21.4. The molecule has 1 fully saturated rings. The smallest absolute Gasteiger partial charge is 0.333 e. The molecule has 30 heavy (non-hydrogen) atoms. The number of nitrogens with two attached hydrogens (primary N) is 1. The van der Waals surface area contributed by atoms with Crippen molar-refractivity contribution in [3.8, 4) is 0 Å². The first kappa shape index (κ1) is 23.0. The number of anilines is 1. The second-order valence-electron chi connectivity index (χ2n) is 7.05. The number of hydrogen-bond acceptors (Lipinski definition) is 10. The molecule has 1 aliphatic carbocycles. The summed E-state index contributed by atoms with van der Waals surface area (Å²) in [6.45, 7) is 1.33. The summed E-state index contributed by atoms with van der Waals surface area (Å²) in [7, 11) is -4.09. The molecule has 164 valence electrons. The van der Waals surface area contributed by atoms with Crippen molar-refractivity contribution in [3.63, 3.8) is 0 Å². The van der Waals surface area contributed by atoms with Gasteiger partial charge in [0.2, 0.25) is 5.78 Å². The fourth-order valence-electron chi connectivity index (χ4n) is 3.30. The van der Waals surface area contributed by atoms with E-state index >= 15 is 0 Å². The molecule has 0 spiro atoms. The molecule has 2 heterocycles. The molecule has 0 unspecified atom stereocenters. The van der Waals surface area contributed by atoms with Crippen LogP contribution in [0.1, 0.15) is 46.7 Å². The lowest BCUT2D eigenvalue weighted by molar-refractivity contribution is 0.101. The van der Waals surface area contributed by atoms with E-state index in [9.17, 15) is 23.4 Å². The minimum absolute atomic E-state index is 0.214. The lowest BCUT2D eigenvalue weighted by Gasteiger charge is -2.15. The molecule has 2 aromatic heterocycles. The Bertz CT molecular complexity index is 1030. The summed E-state index contributed by atoms with van der Waals surface area (Å²) in [6, 6.07) is 1.27. The highest BCUT2D eigenvalue weighted by Crippen LogP contribution is 2.34. The number of carbonyl (C=O) groups excluding carboxylic acids is 1. The van der Waals surface area contributed by atoms with Crippen LogP contribution in [0.5, 0.6) is 0 Å². The maximum atomic E-state index is 13.0. The summed E-state index contributed by atoms with van der Waals surface area (Å²) in [5.41, 5.74) is 0.680. The van der Waals surface area contributed by atoms with E-state index in [1.165, 1.54) is 18.6 Å². The summed E-state index contributed by atoms with van der Waals surface area (Å²) >= 11 is 7.16. The Labute approximate surface area is 182 Å². The first-order valence-corrected chi connectivity index (χ1v) is 11.7. The van der Waals surface area contributed by atoms with Crippen LogP contribution in [0.3, 0.4) is 0 Å². The lowest BCUT2D eigenvalue weighted by Crippen LogP contribution is -2.24. The lowest BCUT2D eigenvalue weighted by atomic mass is 10.1. The van der Waals surface area contributed by atoms with Gasteiger partial charge < -0.3 is 15.5 Å². The number of ketones is 1. The largest absolute Gasteiger partial charge is 0.393 e. The number of nitrogens with zero attached hydrogens (tertiary/aromatic N) is 2. The third kappa shape index (κ3) is 5.52. The highest BCUT2D eigenvalue weighted by molar-refractivity contribution is 7.84. The van der Waals surface area contributed by atoms with E-state index in [0.717, 1.165) is 11.3 Å². The van der Waals surface area contributed by atoms with Crippen molar-refractivity contribution in [2.75, 3.05) is 11.9 Å². The number of hydrogen-bond donors (Lipinski definition) is 4. The molecule has 0 bridgehead atoms. The van der Waals surface area contributed by atoms with Gasteiger partial charge in [0, 0.05) is 23.7 Å².